The molecule has 0 bridgehead atoms. The van der Waals surface area contributed by atoms with E-state index in [0.717, 1.165) is 23.7 Å². The molecule has 1 aliphatic rings. The van der Waals surface area contributed by atoms with E-state index in [1.807, 2.05) is 0 Å². The summed E-state index contributed by atoms with van der Waals surface area (Å²) in [7, 11) is 0. The van der Waals surface area contributed by atoms with E-state index in [2.05, 4.69) is 19.9 Å². The highest BCUT2D eigenvalue weighted by molar-refractivity contribution is 7.21. The van der Waals surface area contributed by atoms with Crippen molar-refractivity contribution in [1.29, 1.82) is 0 Å². The van der Waals surface area contributed by atoms with Gasteiger partial charge in [-0.3, -0.25) is 0 Å². The molecule has 0 amide bonds. The third-order valence-corrected chi connectivity index (χ3v) is 3.72. The first-order valence-electron chi connectivity index (χ1n) is 5.06. The lowest BCUT2D eigenvalue weighted by Gasteiger charge is -2.27. The van der Waals surface area contributed by atoms with Gasteiger partial charge in [0.15, 0.2) is 15.1 Å². The molecule has 0 saturated carbocycles. The number of aromatic nitrogens is 3. The van der Waals surface area contributed by atoms with Gasteiger partial charge in [-0.05, 0) is 11.6 Å². The molecule has 8 heteroatoms. The fourth-order valence-electron chi connectivity index (χ4n) is 1.75. The van der Waals surface area contributed by atoms with Gasteiger partial charge in [0.05, 0.1) is 13.2 Å². The monoisotopic (exact) mass is 290 g/mol. The summed E-state index contributed by atoms with van der Waals surface area (Å²) >= 11 is 13.1. The molecule has 0 N–H and O–H groups in total. The number of morpholine rings is 1. The molecule has 0 radical (unpaired) electrons. The van der Waals surface area contributed by atoms with Crippen LogP contribution < -0.4 is 4.90 Å². The number of hydrogen-bond acceptors (Lipinski definition) is 6. The summed E-state index contributed by atoms with van der Waals surface area (Å²) in [5, 5.41) is 0.222. The van der Waals surface area contributed by atoms with Crippen LogP contribution in [0, 0.1) is 0 Å². The van der Waals surface area contributed by atoms with Crippen molar-refractivity contribution in [3.8, 4) is 0 Å². The van der Waals surface area contributed by atoms with Crippen molar-refractivity contribution in [3.05, 3.63) is 9.75 Å². The van der Waals surface area contributed by atoms with Crippen LogP contribution in [0.5, 0.6) is 0 Å². The lowest BCUT2D eigenvalue weighted by molar-refractivity contribution is 0.122. The zero-order valence-corrected chi connectivity index (χ0v) is 11.0. The maximum absolute atomic E-state index is 5.91. The second-order valence-electron chi connectivity index (χ2n) is 3.54. The largest absolute Gasteiger partial charge is 0.378 e. The maximum Gasteiger partial charge on any atom is 0.225 e. The van der Waals surface area contributed by atoms with Crippen molar-refractivity contribution in [2.24, 2.45) is 0 Å². The van der Waals surface area contributed by atoms with Crippen LogP contribution in [0.25, 0.3) is 10.3 Å². The Balaban J connectivity index is 2.12. The number of rotatable bonds is 1. The van der Waals surface area contributed by atoms with Crippen LogP contribution in [0.15, 0.2) is 0 Å². The quantitative estimate of drug-likeness (QED) is 0.754. The second kappa shape index (κ2) is 4.53. The average molecular weight is 291 g/mol. The summed E-state index contributed by atoms with van der Waals surface area (Å²) in [5.41, 5.74) is 0.714. The smallest absolute Gasteiger partial charge is 0.225 e. The normalized spacial score (nSPS) is 16.7. The Kier molecular flexibility index (Phi) is 3.04. The van der Waals surface area contributed by atoms with Crippen molar-refractivity contribution in [2.75, 3.05) is 31.2 Å². The number of anilines is 1. The lowest BCUT2D eigenvalue weighted by Crippen LogP contribution is -2.37. The number of thiazole rings is 1. The molecule has 5 nitrogen and oxygen atoms in total. The molecule has 17 heavy (non-hydrogen) atoms. The van der Waals surface area contributed by atoms with Gasteiger partial charge in [-0.25, -0.2) is 9.97 Å². The Hall–Kier alpha value is -0.690. The number of fused-ring (bicyclic) bond motifs is 1. The first-order chi connectivity index (χ1) is 8.24. The molecule has 3 rings (SSSR count). The van der Waals surface area contributed by atoms with Gasteiger partial charge in [0.1, 0.15) is 5.52 Å². The summed E-state index contributed by atoms with van der Waals surface area (Å²) < 4.78 is 5.76. The molecule has 2 aromatic heterocycles. The van der Waals surface area contributed by atoms with Crippen LogP contribution in [0.1, 0.15) is 0 Å². The fourth-order valence-corrected chi connectivity index (χ4v) is 2.93. The molecular formula is C9H8Cl2N4OS. The molecule has 0 aromatic carbocycles. The van der Waals surface area contributed by atoms with E-state index in [-0.39, 0.29) is 5.28 Å². The van der Waals surface area contributed by atoms with Crippen molar-refractivity contribution < 1.29 is 4.74 Å². The highest BCUT2D eigenvalue weighted by Gasteiger charge is 2.19. The topological polar surface area (TPSA) is 51.1 Å². The number of hydrogen-bond donors (Lipinski definition) is 0. The molecule has 1 fully saturated rings. The number of ether oxygens (including phenoxy) is 1. The SMILES string of the molecule is Clc1nc(N2CCOCC2)c2nc(Cl)sc2n1. The zero-order chi connectivity index (χ0) is 11.8. The van der Waals surface area contributed by atoms with Gasteiger partial charge in [0, 0.05) is 13.1 Å². The number of halogens is 2. The van der Waals surface area contributed by atoms with Gasteiger partial charge >= 0.3 is 0 Å². The Bertz CT molecular complexity index is 555. The minimum Gasteiger partial charge on any atom is -0.378 e. The first-order valence-corrected chi connectivity index (χ1v) is 6.63. The molecule has 0 aliphatic carbocycles. The summed E-state index contributed by atoms with van der Waals surface area (Å²) in [6.07, 6.45) is 0. The summed E-state index contributed by atoms with van der Waals surface area (Å²) in [6, 6.07) is 0. The molecule has 0 unspecified atom stereocenters. The second-order valence-corrected chi connectivity index (χ2v) is 5.43. The van der Waals surface area contributed by atoms with Crippen molar-refractivity contribution in [1.82, 2.24) is 15.0 Å². The van der Waals surface area contributed by atoms with Crippen LogP contribution >= 0.6 is 34.5 Å². The van der Waals surface area contributed by atoms with E-state index < -0.39 is 0 Å². The highest BCUT2D eigenvalue weighted by atomic mass is 35.5. The molecule has 90 valence electrons. The molecular weight excluding hydrogens is 283 g/mol. The van der Waals surface area contributed by atoms with E-state index in [1.54, 1.807) is 0 Å². The zero-order valence-electron chi connectivity index (χ0n) is 8.69. The van der Waals surface area contributed by atoms with E-state index in [4.69, 9.17) is 27.9 Å². The Labute approximate surface area is 111 Å². The predicted molar refractivity (Wildman–Crippen MR) is 68.3 cm³/mol. The molecule has 0 atom stereocenters. The lowest BCUT2D eigenvalue weighted by atomic mass is 10.4. The van der Waals surface area contributed by atoms with E-state index >= 15 is 0 Å². The van der Waals surface area contributed by atoms with Crippen molar-refractivity contribution in [2.45, 2.75) is 0 Å². The third-order valence-electron chi connectivity index (χ3n) is 2.50. The van der Waals surface area contributed by atoms with E-state index in [0.29, 0.717) is 23.2 Å². The first kappa shape index (κ1) is 11.4. The van der Waals surface area contributed by atoms with E-state index in [9.17, 15) is 0 Å². The fraction of sp³-hybridized carbons (Fsp3) is 0.444. The van der Waals surface area contributed by atoms with Crippen LogP contribution in [0.3, 0.4) is 0 Å². The summed E-state index contributed by atoms with van der Waals surface area (Å²) in [4.78, 5) is 15.4. The third kappa shape index (κ3) is 2.18. The summed E-state index contributed by atoms with van der Waals surface area (Å²) in [6.45, 7) is 2.91. The van der Waals surface area contributed by atoms with Crippen LogP contribution in [-0.2, 0) is 4.74 Å². The maximum atomic E-state index is 5.91. The van der Waals surface area contributed by atoms with Gasteiger partial charge in [-0.15, -0.1) is 0 Å². The van der Waals surface area contributed by atoms with Gasteiger partial charge in [0.25, 0.3) is 0 Å². The Morgan fingerprint density at radius 2 is 1.88 bits per heavy atom. The van der Waals surface area contributed by atoms with Crippen LogP contribution in [0.4, 0.5) is 5.82 Å². The van der Waals surface area contributed by atoms with Gasteiger partial charge in [-0.2, -0.15) is 4.98 Å². The van der Waals surface area contributed by atoms with Crippen LogP contribution in [0.2, 0.25) is 9.75 Å². The van der Waals surface area contributed by atoms with Crippen molar-refractivity contribution in [3.63, 3.8) is 0 Å². The minimum absolute atomic E-state index is 0.222. The van der Waals surface area contributed by atoms with Crippen LogP contribution in [-0.4, -0.2) is 41.3 Å². The molecule has 0 spiro atoms. The Morgan fingerprint density at radius 1 is 1.12 bits per heavy atom. The van der Waals surface area contributed by atoms with Gasteiger partial charge < -0.3 is 9.64 Å². The highest BCUT2D eigenvalue weighted by Crippen LogP contribution is 2.31. The molecule has 3 heterocycles. The Morgan fingerprint density at radius 3 is 2.65 bits per heavy atom. The van der Waals surface area contributed by atoms with E-state index in [1.165, 1.54) is 11.3 Å². The van der Waals surface area contributed by atoms with Gasteiger partial charge in [0.2, 0.25) is 5.28 Å². The average Bonchev–Trinajstić information content (AvgIpc) is 2.69. The van der Waals surface area contributed by atoms with Gasteiger partial charge in [-0.1, -0.05) is 22.9 Å². The van der Waals surface area contributed by atoms with Crippen molar-refractivity contribution >= 4 is 50.7 Å². The number of nitrogens with zero attached hydrogens (tertiary/aromatic N) is 4. The predicted octanol–water partition coefficient (Wildman–Crippen LogP) is 2.23. The standard InChI is InChI=1S/C9H8Cl2N4OS/c10-8-13-6(15-1-3-16-4-2-15)5-7(14-8)17-9(11)12-5/h1-4H2. The summed E-state index contributed by atoms with van der Waals surface area (Å²) in [5.74, 6) is 0.742. The molecule has 2 aromatic rings. The molecule has 1 saturated heterocycles. The minimum atomic E-state index is 0.222. The molecule has 1 aliphatic heterocycles.